The van der Waals surface area contributed by atoms with E-state index >= 15 is 0 Å². The highest BCUT2D eigenvalue weighted by molar-refractivity contribution is 8.03. The quantitative estimate of drug-likeness (QED) is 0.793. The van der Waals surface area contributed by atoms with Crippen molar-refractivity contribution in [3.63, 3.8) is 0 Å². The summed E-state index contributed by atoms with van der Waals surface area (Å²) in [6.45, 7) is 10.4. The summed E-state index contributed by atoms with van der Waals surface area (Å²) in [5.41, 5.74) is 0.404. The van der Waals surface area contributed by atoms with Crippen molar-refractivity contribution in [1.29, 1.82) is 0 Å². The molecule has 1 aliphatic carbocycles. The molecule has 3 atom stereocenters. The number of thioether (sulfide) groups is 2. The van der Waals surface area contributed by atoms with Crippen molar-refractivity contribution in [2.45, 2.75) is 66.9 Å². The lowest BCUT2D eigenvalue weighted by Crippen LogP contribution is -2.44. The standard InChI is InChI=1S/C15H27N3S3/c1-6-16-11-8-7-10(15(2,3)4)9-12(11)20-14-18-17-13(19-5)21-14/h10-12,16H,6-9H2,1-5H3. The molecule has 1 aromatic heterocycles. The largest absolute Gasteiger partial charge is 0.313 e. The van der Waals surface area contributed by atoms with Crippen LogP contribution in [0.3, 0.4) is 0 Å². The Morgan fingerprint density at radius 1 is 1.24 bits per heavy atom. The summed E-state index contributed by atoms with van der Waals surface area (Å²) >= 11 is 5.35. The van der Waals surface area contributed by atoms with Crippen molar-refractivity contribution in [3.8, 4) is 0 Å². The number of hydrogen-bond donors (Lipinski definition) is 1. The van der Waals surface area contributed by atoms with E-state index in [0.717, 1.165) is 21.1 Å². The van der Waals surface area contributed by atoms with Crippen LogP contribution in [-0.4, -0.2) is 34.3 Å². The summed E-state index contributed by atoms with van der Waals surface area (Å²) in [6.07, 6.45) is 5.96. The first-order valence-electron chi connectivity index (χ1n) is 7.71. The Morgan fingerprint density at radius 3 is 2.52 bits per heavy atom. The Kier molecular flexibility index (Phi) is 6.41. The van der Waals surface area contributed by atoms with Crippen molar-refractivity contribution in [3.05, 3.63) is 0 Å². The number of nitrogens with one attached hydrogen (secondary N) is 1. The summed E-state index contributed by atoms with van der Waals surface area (Å²) in [6, 6.07) is 0.611. The molecule has 1 fully saturated rings. The Hall–Kier alpha value is 0.220. The summed E-state index contributed by atoms with van der Waals surface area (Å²) in [7, 11) is 0. The van der Waals surface area contributed by atoms with Crippen LogP contribution in [0.15, 0.2) is 8.68 Å². The maximum Gasteiger partial charge on any atom is 0.175 e. The molecule has 1 aliphatic rings. The van der Waals surface area contributed by atoms with Gasteiger partial charge in [0.05, 0.1) is 0 Å². The topological polar surface area (TPSA) is 37.8 Å². The van der Waals surface area contributed by atoms with Crippen molar-refractivity contribution in [2.75, 3.05) is 12.8 Å². The average Bonchev–Trinajstić information content (AvgIpc) is 2.87. The van der Waals surface area contributed by atoms with Gasteiger partial charge in [0.15, 0.2) is 8.68 Å². The number of nitrogens with zero attached hydrogens (tertiary/aromatic N) is 2. The molecule has 3 nitrogen and oxygen atoms in total. The molecule has 1 N–H and O–H groups in total. The van der Waals surface area contributed by atoms with Crippen molar-refractivity contribution >= 4 is 34.9 Å². The Labute approximate surface area is 141 Å². The molecule has 0 spiro atoms. The highest BCUT2D eigenvalue weighted by atomic mass is 32.2. The zero-order valence-electron chi connectivity index (χ0n) is 13.7. The Morgan fingerprint density at radius 2 is 1.95 bits per heavy atom. The third-order valence-corrected chi connectivity index (χ3v) is 7.64. The SMILES string of the molecule is CCNC1CCC(C(C)(C)C)CC1Sc1nnc(SC)s1. The third kappa shape index (κ3) is 4.85. The lowest BCUT2D eigenvalue weighted by molar-refractivity contribution is 0.165. The average molecular weight is 346 g/mol. The zero-order chi connectivity index (χ0) is 15.5. The van der Waals surface area contributed by atoms with Crippen LogP contribution in [0.5, 0.6) is 0 Å². The first-order valence-corrected chi connectivity index (χ1v) is 10.6. The molecular weight excluding hydrogens is 318 g/mol. The van der Waals surface area contributed by atoms with Crippen LogP contribution in [0.2, 0.25) is 0 Å². The normalized spacial score (nSPS) is 27.0. The lowest BCUT2D eigenvalue weighted by Gasteiger charge is -2.41. The first-order chi connectivity index (χ1) is 9.94. The molecule has 3 unspecified atom stereocenters. The van der Waals surface area contributed by atoms with Crippen LogP contribution >= 0.6 is 34.9 Å². The molecule has 0 aliphatic heterocycles. The van der Waals surface area contributed by atoms with Gasteiger partial charge >= 0.3 is 0 Å². The summed E-state index contributed by atoms with van der Waals surface area (Å²) < 4.78 is 2.20. The third-order valence-electron chi connectivity index (χ3n) is 4.30. The molecule has 6 heteroatoms. The highest BCUT2D eigenvalue weighted by Crippen LogP contribution is 2.44. The predicted octanol–water partition coefficient (Wildman–Crippen LogP) is 4.55. The van der Waals surface area contributed by atoms with Gasteiger partial charge in [-0.05, 0) is 43.4 Å². The van der Waals surface area contributed by atoms with E-state index in [1.807, 2.05) is 11.8 Å². The minimum absolute atomic E-state index is 0.404. The molecule has 0 saturated heterocycles. The van der Waals surface area contributed by atoms with Gasteiger partial charge in [-0.15, -0.1) is 10.2 Å². The first kappa shape index (κ1) is 17.6. The van der Waals surface area contributed by atoms with Gasteiger partial charge in [0.1, 0.15) is 0 Å². The molecule has 1 heterocycles. The van der Waals surface area contributed by atoms with E-state index < -0.39 is 0 Å². The second kappa shape index (κ2) is 7.66. The summed E-state index contributed by atoms with van der Waals surface area (Å²) in [4.78, 5) is 0. The molecule has 0 radical (unpaired) electrons. The van der Waals surface area contributed by atoms with Gasteiger partial charge in [0, 0.05) is 11.3 Å². The van der Waals surface area contributed by atoms with Gasteiger partial charge in [-0.25, -0.2) is 0 Å². The van der Waals surface area contributed by atoms with Crippen molar-refractivity contribution < 1.29 is 0 Å². The fraction of sp³-hybridized carbons (Fsp3) is 0.867. The predicted molar refractivity (Wildman–Crippen MR) is 95.6 cm³/mol. The molecule has 1 saturated carbocycles. The molecule has 120 valence electrons. The van der Waals surface area contributed by atoms with Gasteiger partial charge in [-0.1, -0.05) is 62.6 Å². The molecule has 0 aromatic carbocycles. The van der Waals surface area contributed by atoms with Crippen LogP contribution in [0, 0.1) is 11.3 Å². The molecule has 2 rings (SSSR count). The second-order valence-corrected chi connectivity index (χ2v) is 10.3. The highest BCUT2D eigenvalue weighted by Gasteiger charge is 2.36. The van der Waals surface area contributed by atoms with E-state index in [4.69, 9.17) is 0 Å². The maximum atomic E-state index is 4.35. The number of hydrogen-bond acceptors (Lipinski definition) is 6. The van der Waals surface area contributed by atoms with Crippen LogP contribution in [0.25, 0.3) is 0 Å². The maximum absolute atomic E-state index is 4.35. The van der Waals surface area contributed by atoms with E-state index in [1.54, 1.807) is 23.1 Å². The number of rotatable bonds is 5. The van der Waals surface area contributed by atoms with E-state index in [-0.39, 0.29) is 0 Å². The van der Waals surface area contributed by atoms with E-state index in [0.29, 0.717) is 16.7 Å². The minimum Gasteiger partial charge on any atom is -0.313 e. The summed E-state index contributed by atoms with van der Waals surface area (Å²) in [5.74, 6) is 0.804. The number of aromatic nitrogens is 2. The Balaban J connectivity index is 2.06. The molecule has 0 amide bonds. The Bertz CT molecular complexity index is 442. The van der Waals surface area contributed by atoms with Gasteiger partial charge in [0.2, 0.25) is 0 Å². The van der Waals surface area contributed by atoms with Crippen LogP contribution in [0.4, 0.5) is 0 Å². The van der Waals surface area contributed by atoms with E-state index in [9.17, 15) is 0 Å². The van der Waals surface area contributed by atoms with Crippen LogP contribution in [0.1, 0.15) is 47.0 Å². The smallest absolute Gasteiger partial charge is 0.175 e. The van der Waals surface area contributed by atoms with E-state index in [2.05, 4.69) is 49.5 Å². The van der Waals surface area contributed by atoms with Gasteiger partial charge < -0.3 is 5.32 Å². The molecule has 1 aromatic rings. The second-order valence-electron chi connectivity index (χ2n) is 6.73. The lowest BCUT2D eigenvalue weighted by atomic mass is 9.71. The van der Waals surface area contributed by atoms with Gasteiger partial charge in [-0.2, -0.15) is 0 Å². The van der Waals surface area contributed by atoms with Gasteiger partial charge in [0.25, 0.3) is 0 Å². The van der Waals surface area contributed by atoms with E-state index in [1.165, 1.54) is 19.3 Å². The molecule has 21 heavy (non-hydrogen) atoms. The van der Waals surface area contributed by atoms with Gasteiger partial charge in [-0.3, -0.25) is 0 Å². The summed E-state index contributed by atoms with van der Waals surface area (Å²) in [5, 5.41) is 12.9. The molecule has 0 bridgehead atoms. The van der Waals surface area contributed by atoms with Crippen molar-refractivity contribution in [1.82, 2.24) is 15.5 Å². The minimum atomic E-state index is 0.404. The zero-order valence-corrected chi connectivity index (χ0v) is 16.1. The van der Waals surface area contributed by atoms with Crippen LogP contribution in [-0.2, 0) is 0 Å². The monoisotopic (exact) mass is 345 g/mol. The van der Waals surface area contributed by atoms with Crippen LogP contribution < -0.4 is 5.32 Å². The molecular formula is C15H27N3S3. The fourth-order valence-corrected chi connectivity index (χ4v) is 6.03. The van der Waals surface area contributed by atoms with Crippen molar-refractivity contribution in [2.24, 2.45) is 11.3 Å². The fourth-order valence-electron chi connectivity index (χ4n) is 3.00.